The van der Waals surface area contributed by atoms with Gasteiger partial charge in [-0.1, -0.05) is 11.6 Å². The van der Waals surface area contributed by atoms with Crippen LogP contribution >= 0.6 is 0 Å². The summed E-state index contributed by atoms with van der Waals surface area (Å²) in [5.74, 6) is -0.898. The van der Waals surface area contributed by atoms with E-state index in [1.54, 1.807) is 13.1 Å². The molecule has 0 amide bonds. The number of hydrogen-bond acceptors (Lipinski definition) is 2. The van der Waals surface area contributed by atoms with Gasteiger partial charge >= 0.3 is 5.97 Å². The predicted octanol–water partition coefficient (Wildman–Crippen LogP) is 2.55. The van der Waals surface area contributed by atoms with Gasteiger partial charge in [-0.3, -0.25) is 4.98 Å². The summed E-state index contributed by atoms with van der Waals surface area (Å²) in [6, 6.07) is 5.63. The van der Waals surface area contributed by atoms with Gasteiger partial charge in [0.1, 0.15) is 0 Å². The first kappa shape index (κ1) is 9.65. The van der Waals surface area contributed by atoms with E-state index in [-0.39, 0.29) is 0 Å². The molecule has 0 aliphatic rings. The molecule has 1 aromatic carbocycles. The molecule has 0 saturated heterocycles. The van der Waals surface area contributed by atoms with E-state index in [2.05, 4.69) is 4.98 Å². The summed E-state index contributed by atoms with van der Waals surface area (Å²) in [5, 5.41) is 9.84. The van der Waals surface area contributed by atoms with Gasteiger partial charge in [-0.2, -0.15) is 0 Å². The summed E-state index contributed by atoms with van der Waals surface area (Å²) in [6.45, 7) is 3.70. The zero-order valence-corrected chi connectivity index (χ0v) is 8.61. The fourth-order valence-corrected chi connectivity index (χ4v) is 1.69. The van der Waals surface area contributed by atoms with Crippen LogP contribution in [0.1, 0.15) is 21.5 Å². The summed E-state index contributed by atoms with van der Waals surface area (Å²) in [4.78, 5) is 15.3. The van der Waals surface area contributed by atoms with Crippen molar-refractivity contribution in [2.24, 2.45) is 0 Å². The Hall–Kier alpha value is -1.90. The summed E-state index contributed by atoms with van der Waals surface area (Å²) >= 11 is 0. The van der Waals surface area contributed by atoms with Gasteiger partial charge in [0.15, 0.2) is 0 Å². The average molecular weight is 201 g/mol. The molecule has 0 fully saturated rings. The predicted molar refractivity (Wildman–Crippen MR) is 58.2 cm³/mol. The SMILES string of the molecule is Cc1ccc2ncc(C)c(C(=O)O)c2c1. The lowest BCUT2D eigenvalue weighted by Gasteiger charge is -2.05. The fraction of sp³-hybridized carbons (Fsp3) is 0.167. The summed E-state index contributed by atoms with van der Waals surface area (Å²) in [6.07, 6.45) is 1.60. The van der Waals surface area contributed by atoms with Gasteiger partial charge < -0.3 is 5.11 Å². The Morgan fingerprint density at radius 1 is 1.33 bits per heavy atom. The van der Waals surface area contributed by atoms with Crippen LogP contribution in [0.15, 0.2) is 24.4 Å². The molecule has 1 aromatic heterocycles. The van der Waals surface area contributed by atoms with E-state index in [0.29, 0.717) is 16.5 Å². The van der Waals surface area contributed by atoms with Crippen LogP contribution in [0.4, 0.5) is 0 Å². The molecule has 1 N–H and O–H groups in total. The van der Waals surface area contributed by atoms with Crippen LogP contribution in [0.5, 0.6) is 0 Å². The number of carbonyl (C=O) groups is 1. The zero-order chi connectivity index (χ0) is 11.0. The number of aromatic carboxylic acids is 1. The molecule has 0 spiro atoms. The number of aromatic nitrogens is 1. The maximum Gasteiger partial charge on any atom is 0.336 e. The molecule has 0 bridgehead atoms. The molecule has 3 nitrogen and oxygen atoms in total. The Kier molecular flexibility index (Phi) is 2.15. The van der Waals surface area contributed by atoms with Crippen molar-refractivity contribution in [1.29, 1.82) is 0 Å². The molecule has 2 aromatic rings. The topological polar surface area (TPSA) is 50.2 Å². The third-order valence-electron chi connectivity index (χ3n) is 2.43. The lowest BCUT2D eigenvalue weighted by atomic mass is 10.0. The quantitative estimate of drug-likeness (QED) is 0.771. The van der Waals surface area contributed by atoms with Crippen molar-refractivity contribution < 1.29 is 9.90 Å². The molecular formula is C12H11NO2. The Morgan fingerprint density at radius 3 is 2.73 bits per heavy atom. The Balaban J connectivity index is 2.90. The van der Waals surface area contributed by atoms with Gasteiger partial charge in [-0.05, 0) is 31.5 Å². The number of carboxylic acids is 1. The molecule has 0 saturated carbocycles. The van der Waals surface area contributed by atoms with E-state index in [9.17, 15) is 4.79 Å². The maximum absolute atomic E-state index is 11.1. The standard InChI is InChI=1S/C12H11NO2/c1-7-3-4-10-9(5-7)11(12(14)15)8(2)6-13-10/h3-6H,1-2H3,(H,14,15). The monoisotopic (exact) mass is 201 g/mol. The maximum atomic E-state index is 11.1. The minimum Gasteiger partial charge on any atom is -0.478 e. The number of carboxylic acid groups (broad SMARTS) is 1. The third kappa shape index (κ3) is 1.56. The van der Waals surface area contributed by atoms with Gasteiger partial charge in [0, 0.05) is 11.6 Å². The number of nitrogens with zero attached hydrogens (tertiary/aromatic N) is 1. The van der Waals surface area contributed by atoms with E-state index in [4.69, 9.17) is 5.11 Å². The second kappa shape index (κ2) is 3.35. The number of fused-ring (bicyclic) bond motifs is 1. The van der Waals surface area contributed by atoms with Crippen molar-refractivity contribution in [1.82, 2.24) is 4.98 Å². The Morgan fingerprint density at radius 2 is 2.07 bits per heavy atom. The van der Waals surface area contributed by atoms with Gasteiger partial charge in [0.25, 0.3) is 0 Å². The summed E-state index contributed by atoms with van der Waals surface area (Å²) < 4.78 is 0. The number of rotatable bonds is 1. The third-order valence-corrected chi connectivity index (χ3v) is 2.43. The van der Waals surface area contributed by atoms with Crippen LogP contribution in [0.3, 0.4) is 0 Å². The number of benzene rings is 1. The first-order valence-corrected chi connectivity index (χ1v) is 4.69. The van der Waals surface area contributed by atoms with Crippen LogP contribution in [0.25, 0.3) is 10.9 Å². The number of aryl methyl sites for hydroxylation is 2. The second-order valence-electron chi connectivity index (χ2n) is 3.64. The molecule has 15 heavy (non-hydrogen) atoms. The Bertz CT molecular complexity index is 541. The number of hydrogen-bond donors (Lipinski definition) is 1. The van der Waals surface area contributed by atoms with Crippen molar-refractivity contribution >= 4 is 16.9 Å². The van der Waals surface area contributed by atoms with E-state index < -0.39 is 5.97 Å². The smallest absolute Gasteiger partial charge is 0.336 e. The largest absolute Gasteiger partial charge is 0.478 e. The molecule has 0 unspecified atom stereocenters. The molecule has 0 aliphatic heterocycles. The van der Waals surface area contributed by atoms with E-state index in [1.165, 1.54) is 0 Å². The van der Waals surface area contributed by atoms with Gasteiger partial charge in [-0.15, -0.1) is 0 Å². The molecule has 3 heteroatoms. The molecule has 76 valence electrons. The van der Waals surface area contributed by atoms with Crippen molar-refractivity contribution in [3.8, 4) is 0 Å². The fourth-order valence-electron chi connectivity index (χ4n) is 1.69. The van der Waals surface area contributed by atoms with Crippen LogP contribution in [0, 0.1) is 13.8 Å². The average Bonchev–Trinajstić information content (AvgIpc) is 2.16. The first-order chi connectivity index (χ1) is 7.09. The van der Waals surface area contributed by atoms with Gasteiger partial charge in [0.2, 0.25) is 0 Å². The van der Waals surface area contributed by atoms with Crippen molar-refractivity contribution in [2.75, 3.05) is 0 Å². The van der Waals surface area contributed by atoms with Crippen LogP contribution < -0.4 is 0 Å². The summed E-state index contributed by atoms with van der Waals surface area (Å²) in [5.41, 5.74) is 2.81. The normalized spacial score (nSPS) is 10.5. The molecule has 1 heterocycles. The van der Waals surface area contributed by atoms with Gasteiger partial charge in [0.05, 0.1) is 11.1 Å². The van der Waals surface area contributed by atoms with E-state index >= 15 is 0 Å². The lowest BCUT2D eigenvalue weighted by Crippen LogP contribution is -2.02. The van der Waals surface area contributed by atoms with Crippen LogP contribution in [-0.4, -0.2) is 16.1 Å². The molecule has 0 atom stereocenters. The van der Waals surface area contributed by atoms with Crippen molar-refractivity contribution in [2.45, 2.75) is 13.8 Å². The Labute approximate surface area is 87.4 Å². The van der Waals surface area contributed by atoms with Crippen LogP contribution in [0.2, 0.25) is 0 Å². The van der Waals surface area contributed by atoms with E-state index in [1.807, 2.05) is 25.1 Å². The highest BCUT2D eigenvalue weighted by Gasteiger charge is 2.12. The highest BCUT2D eigenvalue weighted by Crippen LogP contribution is 2.21. The van der Waals surface area contributed by atoms with Gasteiger partial charge in [-0.25, -0.2) is 4.79 Å². The molecule has 2 rings (SSSR count). The number of pyridine rings is 1. The second-order valence-corrected chi connectivity index (χ2v) is 3.64. The summed E-state index contributed by atoms with van der Waals surface area (Å²) in [7, 11) is 0. The highest BCUT2D eigenvalue weighted by molar-refractivity contribution is 6.03. The highest BCUT2D eigenvalue weighted by atomic mass is 16.4. The van der Waals surface area contributed by atoms with Crippen molar-refractivity contribution in [3.05, 3.63) is 41.1 Å². The minimum absolute atomic E-state index is 0.351. The molecule has 0 aliphatic carbocycles. The van der Waals surface area contributed by atoms with Crippen molar-refractivity contribution in [3.63, 3.8) is 0 Å². The minimum atomic E-state index is -0.898. The lowest BCUT2D eigenvalue weighted by molar-refractivity contribution is 0.0698. The zero-order valence-electron chi connectivity index (χ0n) is 8.61. The first-order valence-electron chi connectivity index (χ1n) is 4.69. The van der Waals surface area contributed by atoms with Crippen LogP contribution in [-0.2, 0) is 0 Å². The molecule has 0 radical (unpaired) electrons. The molecular weight excluding hydrogens is 190 g/mol. The van der Waals surface area contributed by atoms with E-state index in [0.717, 1.165) is 11.1 Å².